The predicted octanol–water partition coefficient (Wildman–Crippen LogP) is 1.09. The fraction of sp³-hybridized carbons (Fsp3) is 0.786. The van der Waals surface area contributed by atoms with Gasteiger partial charge in [0.05, 0.1) is 18.1 Å². The van der Waals surface area contributed by atoms with E-state index >= 15 is 0 Å². The summed E-state index contributed by atoms with van der Waals surface area (Å²) in [5, 5.41) is 3.29. The van der Waals surface area contributed by atoms with E-state index in [9.17, 15) is 0 Å². The van der Waals surface area contributed by atoms with Crippen LogP contribution in [0.4, 0.5) is 0 Å². The summed E-state index contributed by atoms with van der Waals surface area (Å²) in [5.41, 5.74) is 1.48. The molecule has 2 N–H and O–H groups in total. The minimum absolute atomic E-state index is 0.276. The minimum atomic E-state index is 0.276. The average molecular weight is 265 g/mol. The van der Waals surface area contributed by atoms with E-state index in [2.05, 4.69) is 45.9 Å². The van der Waals surface area contributed by atoms with Crippen LogP contribution in [0.25, 0.3) is 0 Å². The molecule has 0 aromatic carbocycles. The van der Waals surface area contributed by atoms with E-state index in [1.54, 1.807) is 6.33 Å². The summed E-state index contributed by atoms with van der Waals surface area (Å²) < 4.78 is 0. The monoisotopic (exact) mass is 265 g/mol. The van der Waals surface area contributed by atoms with E-state index in [1.165, 1.54) is 5.69 Å². The van der Waals surface area contributed by atoms with Crippen molar-refractivity contribution in [2.45, 2.75) is 32.4 Å². The molecule has 1 aliphatic rings. The first kappa shape index (κ1) is 14.5. The van der Waals surface area contributed by atoms with Crippen LogP contribution in [0.5, 0.6) is 0 Å². The van der Waals surface area contributed by atoms with Gasteiger partial charge in [0.1, 0.15) is 0 Å². The first-order chi connectivity index (χ1) is 9.02. The third-order valence-corrected chi connectivity index (χ3v) is 3.98. The molecule has 1 atom stereocenters. The fourth-order valence-electron chi connectivity index (χ4n) is 2.78. The number of nitrogens with zero attached hydrogens (tertiary/aromatic N) is 3. The van der Waals surface area contributed by atoms with Crippen molar-refractivity contribution in [3.05, 3.63) is 18.2 Å². The van der Waals surface area contributed by atoms with E-state index in [1.807, 2.05) is 13.2 Å². The van der Waals surface area contributed by atoms with E-state index in [0.717, 1.165) is 32.7 Å². The van der Waals surface area contributed by atoms with Crippen molar-refractivity contribution in [2.24, 2.45) is 0 Å². The van der Waals surface area contributed by atoms with Crippen LogP contribution in [0.1, 0.15) is 32.5 Å². The fourth-order valence-corrected chi connectivity index (χ4v) is 2.78. The maximum atomic E-state index is 4.15. The molecule has 108 valence electrons. The van der Waals surface area contributed by atoms with Gasteiger partial charge in [-0.05, 0) is 27.8 Å². The minimum Gasteiger partial charge on any atom is -0.347 e. The van der Waals surface area contributed by atoms with Crippen molar-refractivity contribution in [1.82, 2.24) is 25.1 Å². The second-order valence-corrected chi connectivity index (χ2v) is 6.27. The molecule has 1 saturated heterocycles. The molecule has 5 heteroatoms. The quantitative estimate of drug-likeness (QED) is 0.855. The molecule has 0 amide bonds. The smallest absolute Gasteiger partial charge is 0.0922 e. The van der Waals surface area contributed by atoms with Crippen LogP contribution in [-0.4, -0.2) is 65.1 Å². The normalized spacial score (nSPS) is 20.6. The highest BCUT2D eigenvalue weighted by atomic mass is 15.3. The molecule has 0 spiro atoms. The number of aromatic amines is 1. The molecule has 0 aliphatic carbocycles. The number of nitrogens with one attached hydrogen (secondary N) is 2. The summed E-state index contributed by atoms with van der Waals surface area (Å²) in [5.74, 6) is 0. The van der Waals surface area contributed by atoms with Gasteiger partial charge < -0.3 is 10.3 Å². The largest absolute Gasteiger partial charge is 0.347 e. The van der Waals surface area contributed by atoms with Gasteiger partial charge in [-0.1, -0.05) is 0 Å². The zero-order valence-electron chi connectivity index (χ0n) is 12.6. The molecule has 0 saturated carbocycles. The molecule has 1 aromatic heterocycles. The van der Waals surface area contributed by atoms with Crippen molar-refractivity contribution < 1.29 is 0 Å². The summed E-state index contributed by atoms with van der Waals surface area (Å²) in [6, 6.07) is 0.398. The Morgan fingerprint density at radius 2 is 2.00 bits per heavy atom. The number of hydrogen-bond acceptors (Lipinski definition) is 4. The third kappa shape index (κ3) is 3.55. The Morgan fingerprint density at radius 1 is 1.32 bits per heavy atom. The lowest BCUT2D eigenvalue weighted by Crippen LogP contribution is -2.54. The second kappa shape index (κ2) is 6.03. The third-order valence-electron chi connectivity index (χ3n) is 3.98. The van der Waals surface area contributed by atoms with Gasteiger partial charge in [-0.3, -0.25) is 9.80 Å². The van der Waals surface area contributed by atoms with Gasteiger partial charge in [0.25, 0.3) is 0 Å². The zero-order chi connectivity index (χ0) is 13.9. The first-order valence-corrected chi connectivity index (χ1v) is 7.14. The molecular weight excluding hydrogens is 238 g/mol. The molecule has 0 radical (unpaired) electrons. The van der Waals surface area contributed by atoms with Gasteiger partial charge in [0.15, 0.2) is 0 Å². The van der Waals surface area contributed by atoms with E-state index in [4.69, 9.17) is 0 Å². The molecule has 0 bridgehead atoms. The van der Waals surface area contributed by atoms with Gasteiger partial charge in [-0.25, -0.2) is 4.98 Å². The van der Waals surface area contributed by atoms with Gasteiger partial charge in [-0.15, -0.1) is 0 Å². The Labute approximate surface area is 116 Å². The lowest BCUT2D eigenvalue weighted by atomic mass is 10.0. The SMILES string of the molecule is CNCC(c1cnc[nH]1)N1CCN(C(C)(C)C)CC1. The Kier molecular flexibility index (Phi) is 4.60. The highest BCUT2D eigenvalue weighted by Gasteiger charge is 2.29. The topological polar surface area (TPSA) is 47.2 Å². The molecule has 1 aromatic rings. The van der Waals surface area contributed by atoms with Crippen molar-refractivity contribution in [3.8, 4) is 0 Å². The molecular formula is C14H27N5. The summed E-state index contributed by atoms with van der Waals surface area (Å²) >= 11 is 0. The Bertz CT molecular complexity index is 360. The first-order valence-electron chi connectivity index (χ1n) is 7.14. The number of likely N-dealkylation sites (N-methyl/N-ethyl adjacent to an activating group) is 1. The summed E-state index contributed by atoms with van der Waals surface area (Å²) in [7, 11) is 2.01. The molecule has 1 unspecified atom stereocenters. The average Bonchev–Trinajstić information content (AvgIpc) is 2.89. The highest BCUT2D eigenvalue weighted by Crippen LogP contribution is 2.22. The maximum absolute atomic E-state index is 4.15. The molecule has 1 fully saturated rings. The van der Waals surface area contributed by atoms with Crippen LogP contribution in [0.3, 0.4) is 0 Å². The van der Waals surface area contributed by atoms with Crippen LogP contribution in [0, 0.1) is 0 Å². The maximum Gasteiger partial charge on any atom is 0.0922 e. The van der Waals surface area contributed by atoms with Crippen LogP contribution in [0.15, 0.2) is 12.5 Å². The molecule has 2 rings (SSSR count). The number of hydrogen-bond donors (Lipinski definition) is 2. The molecule has 2 heterocycles. The lowest BCUT2D eigenvalue weighted by Gasteiger charge is -2.44. The van der Waals surface area contributed by atoms with Gasteiger partial charge in [0.2, 0.25) is 0 Å². The summed E-state index contributed by atoms with van der Waals surface area (Å²) in [4.78, 5) is 12.5. The highest BCUT2D eigenvalue weighted by molar-refractivity contribution is 5.04. The molecule has 5 nitrogen and oxygen atoms in total. The number of piperazine rings is 1. The van der Waals surface area contributed by atoms with Gasteiger partial charge in [-0.2, -0.15) is 0 Å². The Balaban J connectivity index is 1.98. The number of imidazole rings is 1. The van der Waals surface area contributed by atoms with Crippen molar-refractivity contribution in [2.75, 3.05) is 39.8 Å². The van der Waals surface area contributed by atoms with E-state index < -0.39 is 0 Å². The van der Waals surface area contributed by atoms with Gasteiger partial charge in [0, 0.05) is 44.5 Å². The van der Waals surface area contributed by atoms with Gasteiger partial charge >= 0.3 is 0 Å². The predicted molar refractivity (Wildman–Crippen MR) is 78.2 cm³/mol. The van der Waals surface area contributed by atoms with E-state index in [-0.39, 0.29) is 5.54 Å². The number of rotatable bonds is 4. The summed E-state index contributed by atoms with van der Waals surface area (Å²) in [6.45, 7) is 12.3. The number of aromatic nitrogens is 2. The van der Waals surface area contributed by atoms with Crippen molar-refractivity contribution in [3.63, 3.8) is 0 Å². The van der Waals surface area contributed by atoms with Crippen molar-refractivity contribution in [1.29, 1.82) is 0 Å². The van der Waals surface area contributed by atoms with Crippen molar-refractivity contribution >= 4 is 0 Å². The second-order valence-electron chi connectivity index (χ2n) is 6.27. The Morgan fingerprint density at radius 3 is 2.47 bits per heavy atom. The Hall–Kier alpha value is -0.910. The van der Waals surface area contributed by atoms with Crippen LogP contribution in [-0.2, 0) is 0 Å². The summed E-state index contributed by atoms with van der Waals surface area (Å²) in [6.07, 6.45) is 3.71. The van der Waals surface area contributed by atoms with E-state index in [0.29, 0.717) is 6.04 Å². The number of H-pyrrole nitrogens is 1. The molecule has 1 aliphatic heterocycles. The molecule has 19 heavy (non-hydrogen) atoms. The lowest BCUT2D eigenvalue weighted by molar-refractivity contribution is 0.0411. The van der Waals surface area contributed by atoms with Crippen LogP contribution >= 0.6 is 0 Å². The standard InChI is InChI=1S/C14H27N5/c1-14(2,3)19-7-5-18(6-8-19)13(10-15-4)12-9-16-11-17-12/h9,11,13,15H,5-8,10H2,1-4H3,(H,16,17). The van der Waals surface area contributed by atoms with Crippen LogP contribution < -0.4 is 5.32 Å². The zero-order valence-corrected chi connectivity index (χ0v) is 12.6. The van der Waals surface area contributed by atoms with Crippen LogP contribution in [0.2, 0.25) is 0 Å².